The average Bonchev–Trinajstić information content (AvgIpc) is 3.24. The Labute approximate surface area is 409 Å². The van der Waals surface area contributed by atoms with Crippen LogP contribution >= 0.6 is 0 Å². The lowest BCUT2D eigenvalue weighted by molar-refractivity contribution is 0.146. The molecule has 0 saturated carbocycles. The van der Waals surface area contributed by atoms with Gasteiger partial charge in [-0.05, 0) is 99.9 Å². The Balaban J connectivity index is 1.77. The lowest BCUT2D eigenvalue weighted by Crippen LogP contribution is -2.55. The minimum absolute atomic E-state index is 0.123. The minimum Gasteiger partial charge on any atom is -0.299 e. The van der Waals surface area contributed by atoms with Crippen LogP contribution in [0.4, 0.5) is 0 Å². The van der Waals surface area contributed by atoms with Crippen LogP contribution in [0.5, 0.6) is 0 Å². The molecule has 0 aromatic heterocycles. The molecule has 18 heteroatoms. The van der Waals surface area contributed by atoms with Crippen molar-refractivity contribution in [3.63, 3.8) is 0 Å². The first-order valence-corrected chi connectivity index (χ1v) is 29.3. The van der Waals surface area contributed by atoms with Gasteiger partial charge in [-0.25, -0.2) is 52.6 Å². The molecular formula is C50H76N6O8S4. The van der Waals surface area contributed by atoms with Crippen LogP contribution in [0.1, 0.15) is 77.6 Å². The highest BCUT2D eigenvalue weighted by Crippen LogP contribution is 2.20. The summed E-state index contributed by atoms with van der Waals surface area (Å²) >= 11 is 0. The Morgan fingerprint density at radius 2 is 0.485 bits per heavy atom. The molecule has 0 aliphatic rings. The van der Waals surface area contributed by atoms with Gasteiger partial charge in [-0.3, -0.25) is 9.80 Å². The fourth-order valence-electron chi connectivity index (χ4n) is 7.39. The molecule has 0 saturated heterocycles. The second-order valence-corrected chi connectivity index (χ2v) is 26.5. The molecule has 0 aliphatic heterocycles. The predicted molar refractivity (Wildman–Crippen MR) is 273 cm³/mol. The summed E-state index contributed by atoms with van der Waals surface area (Å²) in [5, 5.41) is 0. The lowest BCUT2D eigenvalue weighted by Gasteiger charge is -2.38. The Bertz CT molecular complexity index is 2290. The monoisotopic (exact) mass is 1020 g/mol. The lowest BCUT2D eigenvalue weighted by atomic mass is 10.0. The van der Waals surface area contributed by atoms with E-state index in [4.69, 9.17) is 0 Å². The van der Waals surface area contributed by atoms with Gasteiger partial charge >= 0.3 is 0 Å². The number of nitrogens with zero attached hydrogens (tertiary/aromatic N) is 2. The molecule has 4 aromatic rings. The Kier molecular flexibility index (Phi) is 20.6. The molecule has 4 aromatic carbocycles. The highest BCUT2D eigenvalue weighted by atomic mass is 32.2. The molecule has 0 heterocycles. The van der Waals surface area contributed by atoms with Gasteiger partial charge in [-0.1, -0.05) is 126 Å². The number of nitrogens with one attached hydrogen (secondary N) is 4. The van der Waals surface area contributed by atoms with E-state index in [0.29, 0.717) is 0 Å². The second-order valence-electron chi connectivity index (χ2n) is 19.7. The van der Waals surface area contributed by atoms with Crippen molar-refractivity contribution in [2.45, 2.75) is 127 Å². The number of aryl methyl sites for hydroxylation is 4. The van der Waals surface area contributed by atoms with Gasteiger partial charge in [0, 0.05) is 63.4 Å². The standard InChI is InChI=1S/C50H76N6O8S4/c1-35(2)47(51-65(57,58)43-21-13-39(9)14-22-43)31-55(32-48(36(3)4)52-66(59,60)44-23-15-40(10)16-24-44)29-30-56(33-49(37(5)6)53-67(61,62)45-25-17-41(11)18-26-45)34-50(38(7)8)54-68(63,64)46-27-19-42(12)20-28-46/h13-28,35-38,47-54H,29-34H2,1-12H3/t47-,48-,49-,50-/m1/s1. The second kappa shape index (κ2) is 24.5. The largest absolute Gasteiger partial charge is 0.299 e. The van der Waals surface area contributed by atoms with Crippen molar-refractivity contribution in [1.29, 1.82) is 0 Å². The van der Waals surface area contributed by atoms with Crippen LogP contribution in [0, 0.1) is 51.4 Å². The van der Waals surface area contributed by atoms with Crippen molar-refractivity contribution in [3.05, 3.63) is 119 Å². The van der Waals surface area contributed by atoms with E-state index >= 15 is 0 Å². The Morgan fingerprint density at radius 3 is 0.632 bits per heavy atom. The van der Waals surface area contributed by atoms with Gasteiger partial charge in [0.2, 0.25) is 40.1 Å². The molecule has 0 fully saturated rings. The summed E-state index contributed by atoms with van der Waals surface area (Å²) in [5.41, 5.74) is 3.66. The van der Waals surface area contributed by atoms with Crippen molar-refractivity contribution in [2.75, 3.05) is 39.3 Å². The number of rotatable bonds is 27. The molecular weight excluding hydrogens is 941 g/mol. The molecule has 0 aliphatic carbocycles. The van der Waals surface area contributed by atoms with E-state index in [9.17, 15) is 33.7 Å². The third-order valence-electron chi connectivity index (χ3n) is 12.3. The first kappa shape index (κ1) is 57.0. The zero-order valence-electron chi connectivity index (χ0n) is 41.9. The van der Waals surface area contributed by atoms with Crippen LogP contribution in [0.2, 0.25) is 0 Å². The summed E-state index contributed by atoms with van der Waals surface area (Å²) in [4.78, 5) is 4.57. The first-order valence-electron chi connectivity index (χ1n) is 23.4. The molecule has 68 heavy (non-hydrogen) atoms. The van der Waals surface area contributed by atoms with Crippen molar-refractivity contribution < 1.29 is 33.7 Å². The molecule has 14 nitrogen and oxygen atoms in total. The van der Waals surface area contributed by atoms with Gasteiger partial charge in [0.05, 0.1) is 19.6 Å². The average molecular weight is 1020 g/mol. The molecule has 4 atom stereocenters. The van der Waals surface area contributed by atoms with Gasteiger partial charge in [0.15, 0.2) is 0 Å². The quantitative estimate of drug-likeness (QED) is 0.0492. The number of sulfonamides is 4. The normalized spacial score (nSPS) is 14.9. The van der Waals surface area contributed by atoms with Crippen LogP contribution < -0.4 is 18.9 Å². The molecule has 0 unspecified atom stereocenters. The minimum atomic E-state index is -3.98. The zero-order valence-corrected chi connectivity index (χ0v) is 45.2. The van der Waals surface area contributed by atoms with Gasteiger partial charge in [-0.2, -0.15) is 0 Å². The highest BCUT2D eigenvalue weighted by Gasteiger charge is 2.32. The van der Waals surface area contributed by atoms with E-state index in [1.165, 1.54) is 0 Å². The number of hydrogen-bond donors (Lipinski definition) is 4. The van der Waals surface area contributed by atoms with Crippen molar-refractivity contribution >= 4 is 40.1 Å². The van der Waals surface area contributed by atoms with E-state index in [-0.39, 0.29) is 82.5 Å². The Morgan fingerprint density at radius 1 is 0.324 bits per heavy atom. The van der Waals surface area contributed by atoms with E-state index < -0.39 is 64.3 Å². The third kappa shape index (κ3) is 17.1. The zero-order chi connectivity index (χ0) is 50.8. The van der Waals surface area contributed by atoms with Gasteiger partial charge in [0.25, 0.3) is 0 Å². The van der Waals surface area contributed by atoms with E-state index in [0.717, 1.165) is 22.3 Å². The number of benzene rings is 4. The predicted octanol–water partition coefficient (Wildman–Crippen LogP) is 6.84. The molecule has 0 amide bonds. The molecule has 378 valence electrons. The Hall–Kier alpha value is -3.56. The van der Waals surface area contributed by atoms with Crippen molar-refractivity contribution in [1.82, 2.24) is 28.7 Å². The van der Waals surface area contributed by atoms with Crippen LogP contribution in [0.25, 0.3) is 0 Å². The maximum absolute atomic E-state index is 13.9. The van der Waals surface area contributed by atoms with Gasteiger partial charge in [0.1, 0.15) is 0 Å². The summed E-state index contributed by atoms with van der Waals surface area (Å²) in [5.74, 6) is -0.783. The van der Waals surface area contributed by atoms with Crippen molar-refractivity contribution in [2.24, 2.45) is 23.7 Å². The maximum atomic E-state index is 13.9. The summed E-state index contributed by atoms with van der Waals surface area (Å²) < 4.78 is 123. The van der Waals surface area contributed by atoms with Crippen LogP contribution in [0.15, 0.2) is 117 Å². The maximum Gasteiger partial charge on any atom is 0.240 e. The molecule has 0 bridgehead atoms. The third-order valence-corrected chi connectivity index (χ3v) is 18.3. The van der Waals surface area contributed by atoms with Gasteiger partial charge in [-0.15, -0.1) is 0 Å². The molecule has 4 rings (SSSR count). The highest BCUT2D eigenvalue weighted by molar-refractivity contribution is 7.90. The van der Waals surface area contributed by atoms with Crippen molar-refractivity contribution in [3.8, 4) is 0 Å². The molecule has 0 radical (unpaired) electrons. The van der Waals surface area contributed by atoms with Crippen LogP contribution in [-0.2, 0) is 40.1 Å². The summed E-state index contributed by atoms with van der Waals surface area (Å²) in [6, 6.07) is 24.0. The van der Waals surface area contributed by atoms with E-state index in [2.05, 4.69) is 18.9 Å². The fraction of sp³-hybridized carbons (Fsp3) is 0.520. The first-order chi connectivity index (χ1) is 31.6. The van der Waals surface area contributed by atoms with Crippen LogP contribution in [-0.4, -0.2) is 107 Å². The van der Waals surface area contributed by atoms with E-state index in [1.54, 1.807) is 97.1 Å². The summed E-state index contributed by atoms with van der Waals surface area (Å²) in [7, 11) is -15.9. The van der Waals surface area contributed by atoms with Crippen LogP contribution in [0.3, 0.4) is 0 Å². The number of hydrogen-bond acceptors (Lipinski definition) is 10. The smallest absolute Gasteiger partial charge is 0.240 e. The molecule has 0 spiro atoms. The summed E-state index contributed by atoms with van der Waals surface area (Å²) in [6.07, 6.45) is 0. The topological polar surface area (TPSA) is 191 Å². The van der Waals surface area contributed by atoms with Gasteiger partial charge < -0.3 is 0 Å². The fourth-order valence-corrected chi connectivity index (χ4v) is 12.9. The SMILES string of the molecule is Cc1ccc(S(=O)(=O)N[C@H](CN(CCN(C[C@@H](NS(=O)(=O)c2ccc(C)cc2)C(C)C)C[C@@H](NS(=O)(=O)c2ccc(C)cc2)C(C)C)C[C@@H](NS(=O)(=O)c2ccc(C)cc2)C(C)C)C(C)C)cc1. The van der Waals surface area contributed by atoms with E-state index in [1.807, 2.05) is 92.9 Å². The summed E-state index contributed by atoms with van der Waals surface area (Å²) in [6.45, 7) is 24.2. The molecule has 4 N–H and O–H groups in total.